The Labute approximate surface area is 111 Å². The molecular formula is C14H19F2NO2. The average Bonchev–Trinajstić information content (AvgIpc) is 2.66. The summed E-state index contributed by atoms with van der Waals surface area (Å²) in [5.41, 5.74) is 0.0562. The molecule has 2 atom stereocenters. The molecule has 1 aliphatic heterocycles. The first-order valence-corrected chi connectivity index (χ1v) is 6.38. The fourth-order valence-corrected chi connectivity index (χ4v) is 2.20. The Morgan fingerprint density at radius 2 is 2.00 bits per heavy atom. The molecule has 0 amide bonds. The summed E-state index contributed by atoms with van der Waals surface area (Å²) in [6.45, 7) is 6.37. The SMILES string of the molecule is CC(NCC1COC(C)(C)O1)c1c(F)cccc1F. The smallest absolute Gasteiger partial charge is 0.163 e. The van der Waals surface area contributed by atoms with Gasteiger partial charge in [-0.15, -0.1) is 0 Å². The number of halogens is 2. The van der Waals surface area contributed by atoms with Crippen molar-refractivity contribution < 1.29 is 18.3 Å². The topological polar surface area (TPSA) is 30.5 Å². The predicted molar refractivity (Wildman–Crippen MR) is 67.7 cm³/mol. The normalized spacial score (nSPS) is 23.5. The number of hydrogen-bond acceptors (Lipinski definition) is 3. The summed E-state index contributed by atoms with van der Waals surface area (Å²) in [6, 6.07) is 3.45. The van der Waals surface area contributed by atoms with Crippen molar-refractivity contribution in [3.63, 3.8) is 0 Å². The summed E-state index contributed by atoms with van der Waals surface area (Å²) in [7, 11) is 0. The molecular weight excluding hydrogens is 252 g/mol. The van der Waals surface area contributed by atoms with E-state index in [1.165, 1.54) is 18.2 Å². The maximum absolute atomic E-state index is 13.6. The molecule has 1 aromatic carbocycles. The van der Waals surface area contributed by atoms with Crippen LogP contribution in [0.15, 0.2) is 18.2 Å². The van der Waals surface area contributed by atoms with Crippen molar-refractivity contribution in [1.29, 1.82) is 0 Å². The second kappa shape index (κ2) is 5.53. The van der Waals surface area contributed by atoms with Crippen molar-refractivity contribution in [2.75, 3.05) is 13.2 Å². The molecule has 3 nitrogen and oxygen atoms in total. The highest BCUT2D eigenvalue weighted by atomic mass is 19.1. The molecule has 1 aliphatic rings. The third-order valence-corrected chi connectivity index (χ3v) is 3.15. The van der Waals surface area contributed by atoms with Crippen LogP contribution in [-0.2, 0) is 9.47 Å². The first-order chi connectivity index (χ1) is 8.89. The van der Waals surface area contributed by atoms with E-state index in [9.17, 15) is 8.78 Å². The number of nitrogens with one attached hydrogen (secondary N) is 1. The monoisotopic (exact) mass is 271 g/mol. The fourth-order valence-electron chi connectivity index (χ4n) is 2.20. The molecule has 1 aromatic rings. The highest BCUT2D eigenvalue weighted by molar-refractivity contribution is 5.22. The van der Waals surface area contributed by atoms with Crippen LogP contribution in [0.5, 0.6) is 0 Å². The summed E-state index contributed by atoms with van der Waals surface area (Å²) in [4.78, 5) is 0. The second-order valence-electron chi connectivity index (χ2n) is 5.22. The Hall–Kier alpha value is -1.04. The van der Waals surface area contributed by atoms with E-state index in [0.29, 0.717) is 13.2 Å². The molecule has 2 rings (SSSR count). The molecule has 1 saturated heterocycles. The maximum Gasteiger partial charge on any atom is 0.163 e. The lowest BCUT2D eigenvalue weighted by molar-refractivity contribution is -0.137. The zero-order chi connectivity index (χ0) is 14.0. The number of rotatable bonds is 4. The molecule has 0 aliphatic carbocycles. The minimum Gasteiger partial charge on any atom is -0.348 e. The van der Waals surface area contributed by atoms with Crippen LogP contribution < -0.4 is 5.32 Å². The van der Waals surface area contributed by atoms with Crippen LogP contribution in [0.1, 0.15) is 32.4 Å². The van der Waals surface area contributed by atoms with Gasteiger partial charge in [0, 0.05) is 18.2 Å². The molecule has 106 valence electrons. The maximum atomic E-state index is 13.6. The lowest BCUT2D eigenvalue weighted by Crippen LogP contribution is -2.32. The molecule has 0 radical (unpaired) electrons. The van der Waals surface area contributed by atoms with E-state index in [2.05, 4.69) is 5.32 Å². The van der Waals surface area contributed by atoms with Crippen LogP contribution >= 0.6 is 0 Å². The largest absolute Gasteiger partial charge is 0.348 e. The van der Waals surface area contributed by atoms with E-state index in [0.717, 1.165) is 0 Å². The van der Waals surface area contributed by atoms with Gasteiger partial charge in [0.25, 0.3) is 0 Å². The highest BCUT2D eigenvalue weighted by Crippen LogP contribution is 2.23. The van der Waals surface area contributed by atoms with Gasteiger partial charge in [-0.2, -0.15) is 0 Å². The number of benzene rings is 1. The van der Waals surface area contributed by atoms with Gasteiger partial charge in [0.05, 0.1) is 12.7 Å². The Bertz CT molecular complexity index is 431. The standard InChI is InChI=1S/C14H19F2NO2/c1-9(13-11(15)5-4-6-12(13)16)17-7-10-8-18-14(2,3)19-10/h4-6,9-10,17H,7-8H2,1-3H3. The summed E-state index contributed by atoms with van der Waals surface area (Å²) in [5.74, 6) is -1.66. The van der Waals surface area contributed by atoms with Gasteiger partial charge in [-0.25, -0.2) is 8.78 Å². The van der Waals surface area contributed by atoms with Gasteiger partial charge in [-0.05, 0) is 32.9 Å². The number of ether oxygens (including phenoxy) is 2. The van der Waals surface area contributed by atoms with E-state index in [1.807, 2.05) is 13.8 Å². The van der Waals surface area contributed by atoms with Crippen LogP contribution in [0.3, 0.4) is 0 Å². The van der Waals surface area contributed by atoms with Crippen molar-refractivity contribution in [1.82, 2.24) is 5.32 Å². The third-order valence-electron chi connectivity index (χ3n) is 3.15. The lowest BCUT2D eigenvalue weighted by Gasteiger charge is -2.20. The zero-order valence-electron chi connectivity index (χ0n) is 11.4. The molecule has 0 spiro atoms. The quantitative estimate of drug-likeness (QED) is 0.913. The predicted octanol–water partition coefficient (Wildman–Crippen LogP) is 2.77. The van der Waals surface area contributed by atoms with Crippen LogP contribution in [0.25, 0.3) is 0 Å². The van der Waals surface area contributed by atoms with Gasteiger partial charge in [-0.3, -0.25) is 0 Å². The summed E-state index contributed by atoms with van der Waals surface area (Å²) >= 11 is 0. The van der Waals surface area contributed by atoms with Crippen molar-refractivity contribution in [3.8, 4) is 0 Å². The molecule has 0 aromatic heterocycles. The molecule has 5 heteroatoms. The average molecular weight is 271 g/mol. The van der Waals surface area contributed by atoms with Crippen molar-refractivity contribution in [3.05, 3.63) is 35.4 Å². The van der Waals surface area contributed by atoms with Gasteiger partial charge >= 0.3 is 0 Å². The Morgan fingerprint density at radius 3 is 2.53 bits per heavy atom. The minimum atomic E-state index is -0.584. The van der Waals surface area contributed by atoms with Crippen molar-refractivity contribution >= 4 is 0 Å². The van der Waals surface area contributed by atoms with E-state index < -0.39 is 23.5 Å². The van der Waals surface area contributed by atoms with E-state index in [1.54, 1.807) is 6.92 Å². The minimum absolute atomic E-state index is 0.0562. The van der Waals surface area contributed by atoms with Gasteiger partial charge in [-0.1, -0.05) is 6.07 Å². The Balaban J connectivity index is 1.93. The molecule has 1 N–H and O–H groups in total. The lowest BCUT2D eigenvalue weighted by atomic mass is 10.1. The summed E-state index contributed by atoms with van der Waals surface area (Å²) < 4.78 is 38.2. The fraction of sp³-hybridized carbons (Fsp3) is 0.571. The molecule has 1 fully saturated rings. The van der Waals surface area contributed by atoms with Gasteiger partial charge in [0.1, 0.15) is 11.6 Å². The van der Waals surface area contributed by atoms with Gasteiger partial charge < -0.3 is 14.8 Å². The van der Waals surface area contributed by atoms with Crippen LogP contribution in [0.4, 0.5) is 8.78 Å². The molecule has 2 unspecified atom stereocenters. The van der Waals surface area contributed by atoms with Crippen LogP contribution in [0, 0.1) is 11.6 Å². The van der Waals surface area contributed by atoms with E-state index in [4.69, 9.17) is 9.47 Å². The van der Waals surface area contributed by atoms with Crippen molar-refractivity contribution in [2.24, 2.45) is 0 Å². The van der Waals surface area contributed by atoms with Gasteiger partial charge in [0.15, 0.2) is 5.79 Å². The zero-order valence-corrected chi connectivity index (χ0v) is 11.4. The van der Waals surface area contributed by atoms with Crippen LogP contribution in [-0.4, -0.2) is 25.0 Å². The van der Waals surface area contributed by atoms with Crippen LogP contribution in [0.2, 0.25) is 0 Å². The first-order valence-electron chi connectivity index (χ1n) is 6.38. The molecule has 1 heterocycles. The first kappa shape index (κ1) is 14.4. The highest BCUT2D eigenvalue weighted by Gasteiger charge is 2.32. The van der Waals surface area contributed by atoms with E-state index in [-0.39, 0.29) is 11.7 Å². The molecule has 0 saturated carbocycles. The second-order valence-corrected chi connectivity index (χ2v) is 5.22. The summed E-state index contributed by atoms with van der Waals surface area (Å²) in [6.07, 6.45) is -0.104. The third kappa shape index (κ3) is 3.49. The van der Waals surface area contributed by atoms with Gasteiger partial charge in [0.2, 0.25) is 0 Å². The molecule has 0 bridgehead atoms. The Morgan fingerprint density at radius 1 is 1.37 bits per heavy atom. The van der Waals surface area contributed by atoms with E-state index >= 15 is 0 Å². The molecule has 19 heavy (non-hydrogen) atoms. The van der Waals surface area contributed by atoms with Crippen molar-refractivity contribution in [2.45, 2.75) is 38.7 Å². The Kier molecular flexibility index (Phi) is 4.18. The number of hydrogen-bond donors (Lipinski definition) is 1. The summed E-state index contributed by atoms with van der Waals surface area (Å²) in [5, 5.41) is 3.08.